The zero-order chi connectivity index (χ0) is 18.7. The van der Waals surface area contributed by atoms with Crippen LogP contribution in [-0.2, 0) is 0 Å². The molecule has 6 nitrogen and oxygen atoms in total. The van der Waals surface area contributed by atoms with Crippen LogP contribution in [0.5, 0.6) is 17.2 Å². The summed E-state index contributed by atoms with van der Waals surface area (Å²) in [5.41, 5.74) is 1.84. The lowest BCUT2D eigenvalue weighted by atomic mass is 9.98. The molecule has 0 amide bonds. The standard InChI is InChI=1S/C20H16N2O4/c1-25-14-5-3-4-13(8-14)17-10-15(16(11-21)20(24)22-17)12-6-7-18(23)19(9-12)26-2/h3-10,23H,1-2H3,(H,22,24). The van der Waals surface area contributed by atoms with Gasteiger partial charge >= 0.3 is 0 Å². The molecule has 0 unspecified atom stereocenters. The second-order valence-electron chi connectivity index (χ2n) is 5.53. The first-order valence-corrected chi connectivity index (χ1v) is 7.76. The Hall–Kier alpha value is -3.72. The average Bonchev–Trinajstić information content (AvgIpc) is 2.67. The molecule has 0 aliphatic carbocycles. The second-order valence-corrected chi connectivity index (χ2v) is 5.53. The number of aromatic hydroxyl groups is 1. The van der Waals surface area contributed by atoms with Crippen molar-refractivity contribution in [3.8, 4) is 45.7 Å². The number of pyridine rings is 1. The van der Waals surface area contributed by atoms with Crippen LogP contribution in [0.2, 0.25) is 0 Å². The summed E-state index contributed by atoms with van der Waals surface area (Å²) in [6, 6.07) is 15.6. The fourth-order valence-electron chi connectivity index (χ4n) is 2.69. The summed E-state index contributed by atoms with van der Waals surface area (Å²) >= 11 is 0. The van der Waals surface area contributed by atoms with E-state index >= 15 is 0 Å². The van der Waals surface area contributed by atoms with Crippen LogP contribution in [0.3, 0.4) is 0 Å². The molecular weight excluding hydrogens is 332 g/mol. The molecule has 0 aliphatic heterocycles. The maximum atomic E-state index is 12.4. The molecule has 1 aromatic heterocycles. The van der Waals surface area contributed by atoms with E-state index in [4.69, 9.17) is 9.47 Å². The Morgan fingerprint density at radius 3 is 2.54 bits per heavy atom. The zero-order valence-electron chi connectivity index (χ0n) is 14.2. The van der Waals surface area contributed by atoms with Crippen molar-refractivity contribution in [1.29, 1.82) is 5.26 Å². The molecule has 130 valence electrons. The average molecular weight is 348 g/mol. The summed E-state index contributed by atoms with van der Waals surface area (Å²) in [4.78, 5) is 15.2. The Labute approximate surface area is 149 Å². The number of phenols is 1. The molecule has 0 bridgehead atoms. The predicted molar refractivity (Wildman–Crippen MR) is 97.4 cm³/mol. The SMILES string of the molecule is COc1cccc(-c2cc(-c3ccc(O)c(OC)c3)c(C#N)c(=O)[nH]2)c1. The molecule has 0 aliphatic rings. The van der Waals surface area contributed by atoms with Gasteiger partial charge in [0.2, 0.25) is 0 Å². The van der Waals surface area contributed by atoms with E-state index in [9.17, 15) is 15.2 Å². The molecule has 0 saturated heterocycles. The highest BCUT2D eigenvalue weighted by Crippen LogP contribution is 2.33. The van der Waals surface area contributed by atoms with Gasteiger partial charge in [-0.15, -0.1) is 0 Å². The van der Waals surface area contributed by atoms with Crippen molar-refractivity contribution >= 4 is 0 Å². The van der Waals surface area contributed by atoms with Crippen LogP contribution in [-0.4, -0.2) is 24.3 Å². The summed E-state index contributed by atoms with van der Waals surface area (Å²) in [6.45, 7) is 0. The van der Waals surface area contributed by atoms with E-state index in [1.807, 2.05) is 18.2 Å². The molecule has 6 heteroatoms. The van der Waals surface area contributed by atoms with Crippen LogP contribution in [0.15, 0.2) is 53.3 Å². The van der Waals surface area contributed by atoms with Gasteiger partial charge in [0.1, 0.15) is 17.4 Å². The van der Waals surface area contributed by atoms with Crippen LogP contribution >= 0.6 is 0 Å². The quantitative estimate of drug-likeness (QED) is 0.754. The fraction of sp³-hybridized carbons (Fsp3) is 0.100. The maximum absolute atomic E-state index is 12.4. The van der Waals surface area contributed by atoms with E-state index in [-0.39, 0.29) is 17.1 Å². The van der Waals surface area contributed by atoms with Gasteiger partial charge < -0.3 is 19.6 Å². The number of aromatic nitrogens is 1. The molecule has 2 N–H and O–H groups in total. The van der Waals surface area contributed by atoms with Gasteiger partial charge in [-0.3, -0.25) is 4.79 Å². The van der Waals surface area contributed by atoms with E-state index in [2.05, 4.69) is 4.98 Å². The van der Waals surface area contributed by atoms with Gasteiger partial charge in [-0.1, -0.05) is 18.2 Å². The number of ether oxygens (including phenoxy) is 2. The summed E-state index contributed by atoms with van der Waals surface area (Å²) < 4.78 is 10.3. The van der Waals surface area contributed by atoms with Crippen LogP contribution < -0.4 is 15.0 Å². The van der Waals surface area contributed by atoms with E-state index in [0.717, 1.165) is 5.56 Å². The number of benzene rings is 2. The number of nitrogens with zero attached hydrogens (tertiary/aromatic N) is 1. The van der Waals surface area contributed by atoms with Crippen LogP contribution in [0.25, 0.3) is 22.4 Å². The fourth-order valence-corrected chi connectivity index (χ4v) is 2.69. The highest BCUT2D eigenvalue weighted by Gasteiger charge is 2.14. The van der Waals surface area contributed by atoms with Crippen molar-refractivity contribution in [3.05, 3.63) is 64.4 Å². The molecule has 0 radical (unpaired) electrons. The smallest absolute Gasteiger partial charge is 0.266 e. The topological polar surface area (TPSA) is 95.3 Å². The third kappa shape index (κ3) is 3.10. The minimum atomic E-state index is -0.491. The number of hydrogen-bond acceptors (Lipinski definition) is 5. The van der Waals surface area contributed by atoms with Crippen molar-refractivity contribution in [1.82, 2.24) is 4.98 Å². The van der Waals surface area contributed by atoms with Crippen LogP contribution in [0.1, 0.15) is 5.56 Å². The number of nitriles is 1. The van der Waals surface area contributed by atoms with Crippen molar-refractivity contribution in [3.63, 3.8) is 0 Å². The first-order chi connectivity index (χ1) is 12.6. The van der Waals surface area contributed by atoms with E-state index in [0.29, 0.717) is 22.6 Å². The molecule has 0 spiro atoms. The Bertz CT molecular complexity index is 1060. The predicted octanol–water partition coefficient (Wildman–Crippen LogP) is 3.30. The largest absolute Gasteiger partial charge is 0.504 e. The molecule has 1 heterocycles. The zero-order valence-corrected chi connectivity index (χ0v) is 14.2. The highest BCUT2D eigenvalue weighted by molar-refractivity contribution is 5.77. The van der Waals surface area contributed by atoms with Crippen LogP contribution in [0.4, 0.5) is 0 Å². The summed E-state index contributed by atoms with van der Waals surface area (Å²) in [5.74, 6) is 0.891. The van der Waals surface area contributed by atoms with Gasteiger partial charge in [-0.25, -0.2) is 0 Å². The van der Waals surface area contributed by atoms with Crippen molar-refractivity contribution < 1.29 is 14.6 Å². The number of hydrogen-bond donors (Lipinski definition) is 2. The van der Waals surface area contributed by atoms with Crippen molar-refractivity contribution in [2.45, 2.75) is 0 Å². The third-order valence-corrected chi connectivity index (χ3v) is 4.02. The van der Waals surface area contributed by atoms with E-state index in [1.165, 1.54) is 13.2 Å². The van der Waals surface area contributed by atoms with Gasteiger partial charge in [0.15, 0.2) is 11.5 Å². The summed E-state index contributed by atoms with van der Waals surface area (Å²) in [7, 11) is 3.00. The number of H-pyrrole nitrogens is 1. The highest BCUT2D eigenvalue weighted by atomic mass is 16.5. The van der Waals surface area contributed by atoms with Gasteiger partial charge in [-0.2, -0.15) is 5.26 Å². The van der Waals surface area contributed by atoms with Crippen molar-refractivity contribution in [2.75, 3.05) is 14.2 Å². The first kappa shape index (κ1) is 17.1. The molecule has 3 rings (SSSR count). The molecular formula is C20H16N2O4. The molecule has 2 aromatic carbocycles. The van der Waals surface area contributed by atoms with E-state index in [1.54, 1.807) is 37.4 Å². The number of methoxy groups -OCH3 is 2. The lowest BCUT2D eigenvalue weighted by Crippen LogP contribution is -2.12. The monoisotopic (exact) mass is 348 g/mol. The Balaban J connectivity index is 2.23. The van der Waals surface area contributed by atoms with Gasteiger partial charge in [-0.05, 0) is 35.9 Å². The molecule has 3 aromatic rings. The van der Waals surface area contributed by atoms with Crippen LogP contribution in [0, 0.1) is 11.3 Å². The number of phenolic OH excluding ortho intramolecular Hbond substituents is 1. The minimum absolute atomic E-state index is 0.00983. The number of rotatable bonds is 4. The van der Waals surface area contributed by atoms with Gasteiger partial charge in [0.25, 0.3) is 5.56 Å². The van der Waals surface area contributed by atoms with Gasteiger partial charge in [0.05, 0.1) is 14.2 Å². The van der Waals surface area contributed by atoms with Gasteiger partial charge in [0, 0.05) is 16.8 Å². The summed E-state index contributed by atoms with van der Waals surface area (Å²) in [6.07, 6.45) is 0. The minimum Gasteiger partial charge on any atom is -0.504 e. The normalized spacial score (nSPS) is 10.2. The Morgan fingerprint density at radius 1 is 1.04 bits per heavy atom. The number of aromatic amines is 1. The second kappa shape index (κ2) is 7.03. The molecule has 26 heavy (non-hydrogen) atoms. The lowest BCUT2D eigenvalue weighted by Gasteiger charge is -2.11. The Kier molecular flexibility index (Phi) is 4.63. The van der Waals surface area contributed by atoms with Crippen molar-refractivity contribution in [2.24, 2.45) is 0 Å². The lowest BCUT2D eigenvalue weighted by molar-refractivity contribution is 0.373. The summed E-state index contributed by atoms with van der Waals surface area (Å²) in [5, 5.41) is 19.2. The molecule has 0 fully saturated rings. The molecule has 0 saturated carbocycles. The first-order valence-electron chi connectivity index (χ1n) is 7.76. The molecule has 0 atom stereocenters. The van der Waals surface area contributed by atoms with E-state index < -0.39 is 5.56 Å². The third-order valence-electron chi connectivity index (χ3n) is 4.02. The Morgan fingerprint density at radius 2 is 1.85 bits per heavy atom. The maximum Gasteiger partial charge on any atom is 0.266 e. The number of nitrogens with one attached hydrogen (secondary N) is 1.